The Kier molecular flexibility index (Phi) is 5.10. The minimum Gasteiger partial charge on any atom is -0.459 e. The number of amides is 2. The van der Waals surface area contributed by atoms with Crippen LogP contribution in [0.4, 0.5) is 17.1 Å². The molecule has 1 aliphatic rings. The van der Waals surface area contributed by atoms with Crippen molar-refractivity contribution in [1.82, 2.24) is 4.90 Å². The van der Waals surface area contributed by atoms with Gasteiger partial charge in [-0.15, -0.1) is 0 Å². The molecule has 0 aliphatic carbocycles. The van der Waals surface area contributed by atoms with Crippen LogP contribution in [0.2, 0.25) is 0 Å². The highest BCUT2D eigenvalue weighted by Gasteiger charge is 2.35. The maximum absolute atomic E-state index is 12.7. The van der Waals surface area contributed by atoms with Gasteiger partial charge in [0.2, 0.25) is 5.91 Å². The lowest BCUT2D eigenvalue weighted by atomic mass is 10.2. The normalized spacial score (nSPS) is 16.0. The van der Waals surface area contributed by atoms with Gasteiger partial charge in [0.1, 0.15) is 6.04 Å². The third kappa shape index (κ3) is 3.91. The van der Waals surface area contributed by atoms with Gasteiger partial charge in [0.25, 0.3) is 5.91 Å². The van der Waals surface area contributed by atoms with Crippen LogP contribution in [0.1, 0.15) is 23.4 Å². The maximum Gasteiger partial charge on any atom is 0.290 e. The van der Waals surface area contributed by atoms with Crippen molar-refractivity contribution < 1.29 is 14.0 Å². The van der Waals surface area contributed by atoms with Crippen molar-refractivity contribution in [2.24, 2.45) is 0 Å². The minimum atomic E-state index is -0.486. The molecule has 2 amide bonds. The topological polar surface area (TPSA) is 74.6 Å². The molecule has 2 heterocycles. The first kappa shape index (κ1) is 17.9. The van der Waals surface area contributed by atoms with Crippen molar-refractivity contribution in [3.05, 3.63) is 78.8 Å². The van der Waals surface area contributed by atoms with Crippen molar-refractivity contribution in [3.8, 4) is 0 Å². The fraction of sp³-hybridized carbons (Fsp3) is 0.182. The molecule has 28 heavy (non-hydrogen) atoms. The van der Waals surface area contributed by atoms with Gasteiger partial charge in [0.05, 0.1) is 6.26 Å². The quantitative estimate of drug-likeness (QED) is 0.698. The van der Waals surface area contributed by atoms with Gasteiger partial charge in [0.15, 0.2) is 5.76 Å². The Balaban J connectivity index is 1.39. The molecule has 0 unspecified atom stereocenters. The lowest BCUT2D eigenvalue weighted by Crippen LogP contribution is -2.43. The van der Waals surface area contributed by atoms with E-state index in [2.05, 4.69) is 10.6 Å². The molecule has 3 aromatic rings. The average Bonchev–Trinajstić information content (AvgIpc) is 3.42. The van der Waals surface area contributed by atoms with Gasteiger partial charge in [-0.3, -0.25) is 9.59 Å². The molecule has 1 fully saturated rings. The number of hydrogen-bond donors (Lipinski definition) is 2. The molecule has 6 heteroatoms. The van der Waals surface area contributed by atoms with E-state index in [9.17, 15) is 9.59 Å². The summed E-state index contributed by atoms with van der Waals surface area (Å²) in [7, 11) is 0. The van der Waals surface area contributed by atoms with Gasteiger partial charge in [-0.2, -0.15) is 0 Å². The number of para-hydroxylation sites is 1. The zero-order valence-corrected chi connectivity index (χ0v) is 15.3. The van der Waals surface area contributed by atoms with E-state index in [0.717, 1.165) is 17.8 Å². The summed E-state index contributed by atoms with van der Waals surface area (Å²) in [5.74, 6) is -0.165. The third-order valence-corrected chi connectivity index (χ3v) is 4.76. The largest absolute Gasteiger partial charge is 0.459 e. The molecule has 0 radical (unpaired) electrons. The summed E-state index contributed by atoms with van der Waals surface area (Å²) >= 11 is 0. The van der Waals surface area contributed by atoms with E-state index < -0.39 is 6.04 Å². The maximum atomic E-state index is 12.7. The Labute approximate surface area is 163 Å². The third-order valence-electron chi connectivity index (χ3n) is 4.76. The predicted molar refractivity (Wildman–Crippen MR) is 108 cm³/mol. The number of likely N-dealkylation sites (tertiary alicyclic amines) is 1. The Morgan fingerprint density at radius 1 is 0.893 bits per heavy atom. The molecule has 6 nitrogen and oxygen atoms in total. The number of hydrogen-bond acceptors (Lipinski definition) is 4. The molecule has 4 rings (SSSR count). The molecule has 1 aliphatic heterocycles. The SMILES string of the molecule is O=C(Nc1ccc(Nc2ccccc2)cc1)[C@@H]1CCCN1C(=O)c1ccco1. The van der Waals surface area contributed by atoms with Crippen molar-refractivity contribution >= 4 is 28.9 Å². The summed E-state index contributed by atoms with van der Waals surface area (Å²) in [6.45, 7) is 0.553. The number of anilines is 3. The van der Waals surface area contributed by atoms with E-state index in [1.165, 1.54) is 6.26 Å². The Morgan fingerprint density at radius 2 is 1.61 bits per heavy atom. The second-order valence-corrected chi connectivity index (χ2v) is 6.69. The van der Waals surface area contributed by atoms with Gasteiger partial charge in [0, 0.05) is 23.6 Å². The van der Waals surface area contributed by atoms with Crippen LogP contribution in [-0.2, 0) is 4.79 Å². The van der Waals surface area contributed by atoms with Crippen molar-refractivity contribution in [2.75, 3.05) is 17.2 Å². The van der Waals surface area contributed by atoms with E-state index in [1.807, 2.05) is 54.6 Å². The van der Waals surface area contributed by atoms with Crippen LogP contribution in [0.3, 0.4) is 0 Å². The standard InChI is InChI=1S/C22H21N3O3/c26-21(19-8-4-14-25(19)22(27)20-9-5-15-28-20)24-18-12-10-17(11-13-18)23-16-6-2-1-3-7-16/h1-3,5-7,9-13,15,19,23H,4,8,14H2,(H,24,26)/t19-/m0/s1. The van der Waals surface area contributed by atoms with Gasteiger partial charge in [-0.25, -0.2) is 0 Å². The number of carbonyl (C=O) groups is 2. The molecule has 0 spiro atoms. The number of furan rings is 1. The van der Waals surface area contributed by atoms with Crippen LogP contribution in [0.25, 0.3) is 0 Å². The molecule has 1 saturated heterocycles. The molecule has 0 bridgehead atoms. The van der Waals surface area contributed by atoms with Crippen molar-refractivity contribution in [1.29, 1.82) is 0 Å². The van der Waals surface area contributed by atoms with Gasteiger partial charge < -0.3 is 20.0 Å². The van der Waals surface area contributed by atoms with Crippen molar-refractivity contribution in [2.45, 2.75) is 18.9 Å². The Hall–Kier alpha value is -3.54. The molecule has 1 aromatic heterocycles. The van der Waals surface area contributed by atoms with Gasteiger partial charge in [-0.1, -0.05) is 18.2 Å². The fourth-order valence-electron chi connectivity index (χ4n) is 3.37. The lowest BCUT2D eigenvalue weighted by Gasteiger charge is -2.23. The van der Waals surface area contributed by atoms with Crippen molar-refractivity contribution in [3.63, 3.8) is 0 Å². The predicted octanol–water partition coefficient (Wildman–Crippen LogP) is 4.27. The fourth-order valence-corrected chi connectivity index (χ4v) is 3.37. The number of benzene rings is 2. The van der Waals surface area contributed by atoms with Crippen LogP contribution < -0.4 is 10.6 Å². The van der Waals surface area contributed by atoms with Crippen LogP contribution in [0, 0.1) is 0 Å². The zero-order valence-electron chi connectivity index (χ0n) is 15.3. The van der Waals surface area contributed by atoms with Crippen LogP contribution in [0.5, 0.6) is 0 Å². The minimum absolute atomic E-state index is 0.179. The highest BCUT2D eigenvalue weighted by Crippen LogP contribution is 2.23. The molecular formula is C22H21N3O3. The van der Waals surface area contributed by atoms with Crippen LogP contribution in [0.15, 0.2) is 77.4 Å². The molecule has 0 saturated carbocycles. The van der Waals surface area contributed by atoms with E-state index >= 15 is 0 Å². The second-order valence-electron chi connectivity index (χ2n) is 6.69. The van der Waals surface area contributed by atoms with Gasteiger partial charge >= 0.3 is 0 Å². The van der Waals surface area contributed by atoms with E-state index in [-0.39, 0.29) is 17.6 Å². The summed E-state index contributed by atoms with van der Waals surface area (Å²) in [6.07, 6.45) is 2.90. The molecular weight excluding hydrogens is 354 g/mol. The van der Waals surface area contributed by atoms with E-state index in [0.29, 0.717) is 18.7 Å². The molecule has 2 N–H and O–H groups in total. The smallest absolute Gasteiger partial charge is 0.290 e. The Bertz CT molecular complexity index is 937. The molecule has 2 aromatic carbocycles. The number of nitrogens with zero attached hydrogens (tertiary/aromatic N) is 1. The monoisotopic (exact) mass is 375 g/mol. The first-order chi connectivity index (χ1) is 13.7. The van der Waals surface area contributed by atoms with E-state index in [4.69, 9.17) is 4.42 Å². The van der Waals surface area contributed by atoms with Crippen LogP contribution in [-0.4, -0.2) is 29.3 Å². The van der Waals surface area contributed by atoms with Crippen LogP contribution >= 0.6 is 0 Å². The highest BCUT2D eigenvalue weighted by molar-refractivity contribution is 6.00. The first-order valence-corrected chi connectivity index (χ1v) is 9.28. The summed E-state index contributed by atoms with van der Waals surface area (Å²) < 4.78 is 5.19. The first-order valence-electron chi connectivity index (χ1n) is 9.28. The average molecular weight is 375 g/mol. The summed E-state index contributed by atoms with van der Waals surface area (Å²) in [5, 5.41) is 6.22. The number of nitrogens with one attached hydrogen (secondary N) is 2. The van der Waals surface area contributed by atoms with E-state index in [1.54, 1.807) is 17.0 Å². The summed E-state index contributed by atoms with van der Waals surface area (Å²) in [4.78, 5) is 26.8. The Morgan fingerprint density at radius 3 is 2.32 bits per heavy atom. The lowest BCUT2D eigenvalue weighted by molar-refractivity contribution is -0.119. The number of carbonyl (C=O) groups excluding carboxylic acids is 2. The highest BCUT2D eigenvalue weighted by atomic mass is 16.3. The second kappa shape index (κ2) is 8.00. The summed E-state index contributed by atoms with van der Waals surface area (Å²) in [6, 6.07) is 20.2. The molecule has 142 valence electrons. The zero-order chi connectivity index (χ0) is 19.3. The van der Waals surface area contributed by atoms with Gasteiger partial charge in [-0.05, 0) is 61.4 Å². The number of rotatable bonds is 5. The molecule has 1 atom stereocenters. The summed E-state index contributed by atoms with van der Waals surface area (Å²) in [5.41, 5.74) is 2.62.